The van der Waals surface area contributed by atoms with Gasteiger partial charge in [-0.25, -0.2) is 9.38 Å². The molecule has 2 N–H and O–H groups in total. The average Bonchev–Trinajstić information content (AvgIpc) is 3.46. The van der Waals surface area contributed by atoms with Crippen molar-refractivity contribution in [1.82, 2.24) is 29.8 Å². The molecule has 5 heterocycles. The average molecular weight is 458 g/mol. The van der Waals surface area contributed by atoms with Crippen LogP contribution in [0.4, 0.5) is 11.6 Å². The quantitative estimate of drug-likeness (QED) is 0.385. The third-order valence-electron chi connectivity index (χ3n) is 5.86. The van der Waals surface area contributed by atoms with Crippen molar-refractivity contribution in [1.29, 1.82) is 0 Å². The van der Waals surface area contributed by atoms with E-state index in [0.717, 1.165) is 57.7 Å². The molecular formula is C24H20ClN7O. The molecule has 0 fully saturated rings. The number of hydrogen-bond acceptors (Lipinski definition) is 6. The van der Waals surface area contributed by atoms with E-state index in [4.69, 9.17) is 16.3 Å². The van der Waals surface area contributed by atoms with Crippen LogP contribution in [0.5, 0.6) is 5.88 Å². The van der Waals surface area contributed by atoms with Crippen molar-refractivity contribution in [3.8, 4) is 17.0 Å². The SMILES string of the molecule is Clc1ccccc1CC1CCOc2cc(-c3ccnc(Nc4ccn[nH]4)c3)cc3nnc1n23. The smallest absolute Gasteiger partial charge is 0.201 e. The number of nitrogens with zero attached hydrogens (tertiary/aromatic N) is 5. The standard InChI is InChI=1S/C24H20ClN7O/c25-19-4-2-1-3-16(19)11-17-7-10-33-23-14-18(13-22-30-31-24(17)32(22)23)15-5-8-26-21(12-15)28-20-6-9-27-29-20/h1-6,8-9,12-14,17H,7,10-11H2,(H2,26,27,28,29). The third kappa shape index (κ3) is 3.78. The Balaban J connectivity index is 1.36. The van der Waals surface area contributed by atoms with Crippen molar-refractivity contribution in [3.05, 3.63) is 83.4 Å². The van der Waals surface area contributed by atoms with Crippen LogP contribution < -0.4 is 10.1 Å². The molecule has 4 aromatic heterocycles. The van der Waals surface area contributed by atoms with Gasteiger partial charge in [-0.1, -0.05) is 29.8 Å². The van der Waals surface area contributed by atoms with Crippen LogP contribution in [0.3, 0.4) is 0 Å². The minimum atomic E-state index is 0.165. The first-order valence-electron chi connectivity index (χ1n) is 10.7. The van der Waals surface area contributed by atoms with Crippen molar-refractivity contribution < 1.29 is 4.74 Å². The highest BCUT2D eigenvalue weighted by Crippen LogP contribution is 2.34. The molecule has 0 spiro atoms. The van der Waals surface area contributed by atoms with E-state index in [1.807, 2.05) is 52.9 Å². The van der Waals surface area contributed by atoms with Gasteiger partial charge in [0.1, 0.15) is 17.5 Å². The molecule has 1 atom stereocenters. The second-order valence-corrected chi connectivity index (χ2v) is 8.40. The van der Waals surface area contributed by atoms with Gasteiger partial charge in [-0.05, 0) is 53.8 Å². The predicted octanol–water partition coefficient (Wildman–Crippen LogP) is 5.02. The third-order valence-corrected chi connectivity index (χ3v) is 6.23. The maximum Gasteiger partial charge on any atom is 0.201 e. The van der Waals surface area contributed by atoms with Crippen LogP contribution in [0.1, 0.15) is 23.7 Å². The van der Waals surface area contributed by atoms with Crippen LogP contribution in [0.25, 0.3) is 16.8 Å². The Morgan fingerprint density at radius 2 is 2.00 bits per heavy atom. The van der Waals surface area contributed by atoms with Crippen molar-refractivity contribution in [2.45, 2.75) is 18.8 Å². The van der Waals surface area contributed by atoms with E-state index in [-0.39, 0.29) is 5.92 Å². The van der Waals surface area contributed by atoms with Gasteiger partial charge in [-0.15, -0.1) is 10.2 Å². The summed E-state index contributed by atoms with van der Waals surface area (Å²) >= 11 is 6.42. The number of anilines is 2. The molecule has 1 aromatic carbocycles. The van der Waals surface area contributed by atoms with Crippen molar-refractivity contribution in [2.75, 3.05) is 11.9 Å². The van der Waals surface area contributed by atoms with Crippen LogP contribution >= 0.6 is 11.6 Å². The number of aromatic nitrogens is 6. The fraction of sp³-hybridized carbons (Fsp3) is 0.167. The summed E-state index contributed by atoms with van der Waals surface area (Å²) in [6.45, 7) is 0.597. The summed E-state index contributed by atoms with van der Waals surface area (Å²) in [5.41, 5.74) is 3.84. The Morgan fingerprint density at radius 1 is 1.06 bits per heavy atom. The number of H-pyrrole nitrogens is 1. The molecule has 0 aliphatic carbocycles. The van der Waals surface area contributed by atoms with Gasteiger partial charge in [0, 0.05) is 29.3 Å². The number of nitrogens with one attached hydrogen (secondary N) is 2. The molecule has 6 rings (SSSR count). The monoisotopic (exact) mass is 457 g/mol. The maximum atomic E-state index is 6.42. The van der Waals surface area contributed by atoms with Crippen molar-refractivity contribution >= 4 is 28.9 Å². The summed E-state index contributed by atoms with van der Waals surface area (Å²) in [5, 5.41) is 19.8. The van der Waals surface area contributed by atoms with Crippen LogP contribution in [0, 0.1) is 0 Å². The number of benzene rings is 1. The van der Waals surface area contributed by atoms with Crippen LogP contribution in [0.2, 0.25) is 5.02 Å². The topological polar surface area (TPSA) is 93.0 Å². The molecule has 0 bridgehead atoms. The Bertz CT molecular complexity index is 1430. The first-order valence-corrected chi connectivity index (χ1v) is 11.1. The molecule has 5 aromatic rings. The lowest BCUT2D eigenvalue weighted by Gasteiger charge is -2.13. The minimum absolute atomic E-state index is 0.165. The second kappa shape index (κ2) is 8.22. The number of pyridine rings is 2. The molecule has 1 unspecified atom stereocenters. The Hall–Kier alpha value is -3.91. The summed E-state index contributed by atoms with van der Waals surface area (Å²) in [4.78, 5) is 4.40. The van der Waals surface area contributed by atoms with E-state index < -0.39 is 0 Å². The molecule has 0 saturated carbocycles. The van der Waals surface area contributed by atoms with Gasteiger partial charge in [0.25, 0.3) is 0 Å². The summed E-state index contributed by atoms with van der Waals surface area (Å²) in [6, 6.07) is 17.8. The molecule has 8 nitrogen and oxygen atoms in total. The van der Waals surface area contributed by atoms with Crippen LogP contribution in [-0.4, -0.2) is 36.4 Å². The molecule has 33 heavy (non-hydrogen) atoms. The Morgan fingerprint density at radius 3 is 2.88 bits per heavy atom. The van der Waals surface area contributed by atoms with E-state index in [1.54, 1.807) is 12.4 Å². The van der Waals surface area contributed by atoms with E-state index in [1.165, 1.54) is 0 Å². The zero-order valence-corrected chi connectivity index (χ0v) is 18.3. The van der Waals surface area contributed by atoms with Gasteiger partial charge in [0.15, 0.2) is 5.65 Å². The Labute approximate surface area is 194 Å². The lowest BCUT2D eigenvalue weighted by molar-refractivity contribution is 0.296. The van der Waals surface area contributed by atoms with Gasteiger partial charge in [0.05, 0.1) is 12.8 Å². The lowest BCUT2D eigenvalue weighted by Crippen LogP contribution is -2.08. The molecule has 164 valence electrons. The number of ether oxygens (including phenoxy) is 1. The van der Waals surface area contributed by atoms with Gasteiger partial charge < -0.3 is 10.1 Å². The van der Waals surface area contributed by atoms with Gasteiger partial charge >= 0.3 is 0 Å². The second-order valence-electron chi connectivity index (χ2n) is 7.99. The molecule has 1 aliphatic rings. The number of rotatable bonds is 5. The summed E-state index contributed by atoms with van der Waals surface area (Å²) in [7, 11) is 0. The number of halogens is 1. The van der Waals surface area contributed by atoms with Crippen molar-refractivity contribution in [2.24, 2.45) is 0 Å². The highest BCUT2D eigenvalue weighted by atomic mass is 35.5. The first kappa shape index (κ1) is 19.8. The van der Waals surface area contributed by atoms with Crippen LogP contribution in [0.15, 0.2) is 67.0 Å². The minimum Gasteiger partial charge on any atom is -0.478 e. The Kier molecular flexibility index (Phi) is 4.92. The lowest BCUT2D eigenvalue weighted by atomic mass is 9.95. The summed E-state index contributed by atoms with van der Waals surface area (Å²) in [5.74, 6) is 3.30. The number of aromatic amines is 1. The van der Waals surface area contributed by atoms with Crippen LogP contribution in [-0.2, 0) is 6.42 Å². The maximum absolute atomic E-state index is 6.42. The zero-order valence-electron chi connectivity index (χ0n) is 17.6. The van der Waals surface area contributed by atoms with Gasteiger partial charge in [0.2, 0.25) is 5.88 Å². The highest BCUT2D eigenvalue weighted by Gasteiger charge is 2.25. The normalized spacial score (nSPS) is 15.2. The fourth-order valence-electron chi connectivity index (χ4n) is 4.24. The summed E-state index contributed by atoms with van der Waals surface area (Å²) < 4.78 is 8.18. The molecule has 0 amide bonds. The fourth-order valence-corrected chi connectivity index (χ4v) is 4.46. The molecular weight excluding hydrogens is 438 g/mol. The van der Waals surface area contributed by atoms with Gasteiger partial charge in [-0.2, -0.15) is 5.10 Å². The summed E-state index contributed by atoms with van der Waals surface area (Å²) in [6.07, 6.45) is 5.08. The molecule has 0 saturated heterocycles. The predicted molar refractivity (Wildman–Crippen MR) is 126 cm³/mol. The molecule has 0 radical (unpaired) electrons. The van der Waals surface area contributed by atoms with E-state index in [9.17, 15) is 0 Å². The molecule has 1 aliphatic heterocycles. The molecule has 9 heteroatoms. The van der Waals surface area contributed by atoms with E-state index in [2.05, 4.69) is 36.8 Å². The zero-order chi connectivity index (χ0) is 22.2. The van der Waals surface area contributed by atoms with Gasteiger partial charge in [-0.3, -0.25) is 5.10 Å². The number of hydrogen-bond donors (Lipinski definition) is 2. The largest absolute Gasteiger partial charge is 0.478 e. The van der Waals surface area contributed by atoms with Crippen molar-refractivity contribution in [3.63, 3.8) is 0 Å². The first-order chi connectivity index (χ1) is 16.2. The highest BCUT2D eigenvalue weighted by molar-refractivity contribution is 6.31. The van der Waals surface area contributed by atoms with E-state index in [0.29, 0.717) is 12.4 Å². The van der Waals surface area contributed by atoms with E-state index >= 15 is 0 Å².